The predicted octanol–water partition coefficient (Wildman–Crippen LogP) is 2.41. The van der Waals surface area contributed by atoms with Crippen LogP contribution < -0.4 is 11.1 Å². The normalized spacial score (nSPS) is 19.5. The molecule has 1 aliphatic carbocycles. The molecule has 1 aliphatic rings. The van der Waals surface area contributed by atoms with Gasteiger partial charge in [-0.15, -0.1) is 0 Å². The molecule has 1 saturated carbocycles. The summed E-state index contributed by atoms with van der Waals surface area (Å²) in [5, 5.41) is 3.52. The molecule has 76 valence electrons. The highest BCUT2D eigenvalue weighted by atomic mass is 15.0. The van der Waals surface area contributed by atoms with E-state index >= 15 is 0 Å². The summed E-state index contributed by atoms with van der Waals surface area (Å²) in [6, 6.07) is 1.94. The minimum atomic E-state index is 0.232. The van der Waals surface area contributed by atoms with Crippen molar-refractivity contribution < 1.29 is 0 Å². The highest BCUT2D eigenvalue weighted by Gasteiger charge is 2.28. The average Bonchev–Trinajstić information content (AvgIpc) is 2.57. The lowest BCUT2D eigenvalue weighted by molar-refractivity contribution is 0.533. The Morgan fingerprint density at radius 2 is 2.14 bits per heavy atom. The molecule has 0 amide bonds. The van der Waals surface area contributed by atoms with Crippen molar-refractivity contribution in [2.75, 3.05) is 11.1 Å². The molecule has 0 atom stereocenters. The van der Waals surface area contributed by atoms with Gasteiger partial charge in [-0.2, -0.15) is 0 Å². The number of hydrogen-bond donors (Lipinski definition) is 2. The number of nitrogens with zero attached hydrogens (tertiary/aromatic N) is 1. The Labute approximate surface area is 84.7 Å². The maximum absolute atomic E-state index is 5.83. The largest absolute Gasteiger partial charge is 0.396 e. The van der Waals surface area contributed by atoms with Crippen LogP contribution >= 0.6 is 0 Å². The highest BCUT2D eigenvalue weighted by Crippen LogP contribution is 2.33. The van der Waals surface area contributed by atoms with Crippen molar-refractivity contribution in [3.63, 3.8) is 0 Å². The maximum atomic E-state index is 5.83. The van der Waals surface area contributed by atoms with Gasteiger partial charge in [0.25, 0.3) is 0 Å². The quantitative estimate of drug-likeness (QED) is 0.754. The van der Waals surface area contributed by atoms with Crippen molar-refractivity contribution in [3.8, 4) is 0 Å². The topological polar surface area (TPSA) is 50.9 Å². The summed E-state index contributed by atoms with van der Waals surface area (Å²) in [6.45, 7) is 2.26. The lowest BCUT2D eigenvalue weighted by Crippen LogP contribution is -2.31. The average molecular weight is 191 g/mol. The van der Waals surface area contributed by atoms with Gasteiger partial charge in [0.1, 0.15) is 0 Å². The molecule has 3 heteroatoms. The molecule has 0 aliphatic heterocycles. The van der Waals surface area contributed by atoms with Gasteiger partial charge in [0, 0.05) is 11.7 Å². The Bertz CT molecular complexity index is 316. The number of nitrogen functional groups attached to an aromatic ring is 1. The van der Waals surface area contributed by atoms with E-state index in [1.807, 2.05) is 6.07 Å². The van der Waals surface area contributed by atoms with E-state index in [1.165, 1.54) is 25.7 Å². The Morgan fingerprint density at radius 1 is 1.43 bits per heavy atom. The summed E-state index contributed by atoms with van der Waals surface area (Å²) in [6.07, 6.45) is 8.56. The molecule has 0 unspecified atom stereocenters. The van der Waals surface area contributed by atoms with E-state index in [1.54, 1.807) is 12.4 Å². The lowest BCUT2D eigenvalue weighted by Gasteiger charge is -2.27. The fourth-order valence-electron chi connectivity index (χ4n) is 2.13. The van der Waals surface area contributed by atoms with E-state index in [4.69, 9.17) is 5.73 Å². The second-order valence-electron chi connectivity index (χ2n) is 4.36. The first-order chi connectivity index (χ1) is 6.70. The molecule has 0 spiro atoms. The molecule has 2 rings (SSSR count). The van der Waals surface area contributed by atoms with Gasteiger partial charge in [-0.05, 0) is 25.8 Å². The Hall–Kier alpha value is -1.25. The van der Waals surface area contributed by atoms with Crippen LogP contribution in [0.3, 0.4) is 0 Å². The third-order valence-electron chi connectivity index (χ3n) is 3.00. The second-order valence-corrected chi connectivity index (χ2v) is 4.36. The third kappa shape index (κ3) is 1.81. The van der Waals surface area contributed by atoms with Gasteiger partial charge in [-0.25, -0.2) is 0 Å². The number of pyridine rings is 1. The Balaban J connectivity index is 2.14. The standard InChI is InChI=1S/C11H17N3/c1-11(5-2-3-6-11)14-10-4-7-13-8-9(10)12/h4,7-8H,2-3,5-6,12H2,1H3,(H,13,14). The number of nitrogens with two attached hydrogens (primary N) is 1. The summed E-state index contributed by atoms with van der Waals surface area (Å²) < 4.78 is 0. The molecule has 14 heavy (non-hydrogen) atoms. The molecule has 0 bridgehead atoms. The fourth-order valence-corrected chi connectivity index (χ4v) is 2.13. The number of hydrogen-bond acceptors (Lipinski definition) is 3. The molecule has 1 aromatic heterocycles. The van der Waals surface area contributed by atoms with E-state index in [-0.39, 0.29) is 5.54 Å². The van der Waals surface area contributed by atoms with Gasteiger partial charge in [-0.1, -0.05) is 12.8 Å². The van der Waals surface area contributed by atoms with Gasteiger partial charge in [-0.3, -0.25) is 4.98 Å². The van der Waals surface area contributed by atoms with E-state index < -0.39 is 0 Å². The van der Waals surface area contributed by atoms with Crippen LogP contribution in [0.25, 0.3) is 0 Å². The minimum absolute atomic E-state index is 0.232. The summed E-state index contributed by atoms with van der Waals surface area (Å²) in [5.74, 6) is 0. The van der Waals surface area contributed by atoms with Crippen LogP contribution in [-0.4, -0.2) is 10.5 Å². The van der Waals surface area contributed by atoms with Crippen molar-refractivity contribution in [1.82, 2.24) is 4.98 Å². The fraction of sp³-hybridized carbons (Fsp3) is 0.545. The zero-order valence-corrected chi connectivity index (χ0v) is 8.59. The van der Waals surface area contributed by atoms with Crippen molar-refractivity contribution in [2.24, 2.45) is 0 Å². The zero-order valence-electron chi connectivity index (χ0n) is 8.59. The molecule has 0 aromatic carbocycles. The van der Waals surface area contributed by atoms with Crippen molar-refractivity contribution >= 4 is 11.4 Å². The summed E-state index contributed by atoms with van der Waals surface area (Å²) in [4.78, 5) is 3.98. The van der Waals surface area contributed by atoms with E-state index in [0.717, 1.165) is 11.4 Å². The number of rotatable bonds is 2. The summed E-state index contributed by atoms with van der Waals surface area (Å²) in [7, 11) is 0. The van der Waals surface area contributed by atoms with Gasteiger partial charge in [0.05, 0.1) is 17.6 Å². The van der Waals surface area contributed by atoms with Gasteiger partial charge in [0.15, 0.2) is 0 Å². The molecule has 1 fully saturated rings. The molecular formula is C11H17N3. The van der Waals surface area contributed by atoms with Crippen LogP contribution in [0.1, 0.15) is 32.6 Å². The first kappa shape index (κ1) is 9.31. The first-order valence-corrected chi connectivity index (χ1v) is 5.17. The van der Waals surface area contributed by atoms with Crippen LogP contribution in [-0.2, 0) is 0 Å². The van der Waals surface area contributed by atoms with Gasteiger partial charge >= 0.3 is 0 Å². The molecule has 3 nitrogen and oxygen atoms in total. The zero-order chi connectivity index (χ0) is 10.0. The highest BCUT2D eigenvalue weighted by molar-refractivity contribution is 5.65. The van der Waals surface area contributed by atoms with Crippen molar-refractivity contribution in [1.29, 1.82) is 0 Å². The van der Waals surface area contributed by atoms with Crippen LogP contribution in [0.15, 0.2) is 18.5 Å². The van der Waals surface area contributed by atoms with Crippen LogP contribution in [0, 0.1) is 0 Å². The first-order valence-electron chi connectivity index (χ1n) is 5.17. The molecule has 3 N–H and O–H groups in total. The van der Waals surface area contributed by atoms with Crippen LogP contribution in [0.2, 0.25) is 0 Å². The van der Waals surface area contributed by atoms with Crippen molar-refractivity contribution in [2.45, 2.75) is 38.1 Å². The van der Waals surface area contributed by atoms with Gasteiger partial charge < -0.3 is 11.1 Å². The van der Waals surface area contributed by atoms with Crippen LogP contribution in [0.4, 0.5) is 11.4 Å². The summed E-state index contributed by atoms with van der Waals surface area (Å²) in [5.41, 5.74) is 7.82. The molecule has 0 radical (unpaired) electrons. The summed E-state index contributed by atoms with van der Waals surface area (Å²) >= 11 is 0. The Kier molecular flexibility index (Phi) is 2.32. The Morgan fingerprint density at radius 3 is 2.79 bits per heavy atom. The molecular weight excluding hydrogens is 174 g/mol. The second kappa shape index (κ2) is 3.48. The number of aromatic nitrogens is 1. The minimum Gasteiger partial charge on any atom is -0.396 e. The lowest BCUT2D eigenvalue weighted by atomic mass is 10.0. The smallest absolute Gasteiger partial charge is 0.0736 e. The van der Waals surface area contributed by atoms with E-state index in [2.05, 4.69) is 17.2 Å². The molecule has 1 aromatic rings. The third-order valence-corrected chi connectivity index (χ3v) is 3.00. The molecule has 1 heterocycles. The van der Waals surface area contributed by atoms with E-state index in [9.17, 15) is 0 Å². The number of anilines is 2. The SMILES string of the molecule is CC1(Nc2ccncc2N)CCCC1. The van der Waals surface area contributed by atoms with E-state index in [0.29, 0.717) is 0 Å². The molecule has 0 saturated heterocycles. The van der Waals surface area contributed by atoms with Crippen molar-refractivity contribution in [3.05, 3.63) is 18.5 Å². The maximum Gasteiger partial charge on any atom is 0.0736 e. The monoisotopic (exact) mass is 191 g/mol. The number of nitrogens with one attached hydrogen (secondary N) is 1. The van der Waals surface area contributed by atoms with Gasteiger partial charge in [0.2, 0.25) is 0 Å². The predicted molar refractivity (Wildman–Crippen MR) is 59.1 cm³/mol. The van der Waals surface area contributed by atoms with Crippen LogP contribution in [0.5, 0.6) is 0 Å².